The first-order valence-corrected chi connectivity index (χ1v) is 7.51. The molecule has 1 fully saturated rings. The van der Waals surface area contributed by atoms with Gasteiger partial charge in [0.2, 0.25) is 0 Å². The Morgan fingerprint density at radius 2 is 1.88 bits per heavy atom. The number of alkyl halides is 2. The minimum absolute atomic E-state index is 0.176. The highest BCUT2D eigenvalue weighted by molar-refractivity contribution is 9.10. The van der Waals surface area contributed by atoms with Crippen molar-refractivity contribution in [2.45, 2.75) is 42.4 Å². The average molecular weight is 356 g/mol. The van der Waals surface area contributed by atoms with Crippen molar-refractivity contribution in [3.8, 4) is 0 Å². The van der Waals surface area contributed by atoms with E-state index in [1.807, 2.05) is 0 Å². The van der Waals surface area contributed by atoms with Crippen LogP contribution in [0.25, 0.3) is 0 Å². The second-order valence-corrected chi connectivity index (χ2v) is 6.94. The predicted octanol–water partition coefficient (Wildman–Crippen LogP) is 4.08. The van der Waals surface area contributed by atoms with Gasteiger partial charge in [0.25, 0.3) is 0 Å². The summed E-state index contributed by atoms with van der Waals surface area (Å²) in [6.45, 7) is 8.34. The van der Waals surface area contributed by atoms with Crippen LogP contribution in [0.1, 0.15) is 26.7 Å². The molecule has 1 rings (SSSR count). The maximum Gasteiger partial charge on any atom is 0.188 e. The summed E-state index contributed by atoms with van der Waals surface area (Å²) in [6.07, 6.45) is 3.92. The van der Waals surface area contributed by atoms with Crippen LogP contribution in [0.4, 0.5) is 0 Å². The van der Waals surface area contributed by atoms with Gasteiger partial charge in [-0.2, -0.15) is 0 Å². The molecule has 2 nitrogen and oxygen atoms in total. The van der Waals surface area contributed by atoms with Crippen molar-refractivity contribution < 1.29 is 9.47 Å². The first kappa shape index (κ1) is 14.5. The van der Waals surface area contributed by atoms with Gasteiger partial charge in [0, 0.05) is 9.65 Å². The van der Waals surface area contributed by atoms with Crippen molar-refractivity contribution in [2.24, 2.45) is 11.8 Å². The van der Waals surface area contributed by atoms with Crippen LogP contribution < -0.4 is 0 Å². The van der Waals surface area contributed by atoms with E-state index in [-0.39, 0.29) is 12.9 Å². The molecule has 4 heteroatoms. The fourth-order valence-corrected chi connectivity index (χ4v) is 4.50. The Hall–Kier alpha value is 0.460. The Bertz CT molecular complexity index is 209. The monoisotopic (exact) mass is 354 g/mol. The van der Waals surface area contributed by atoms with Crippen LogP contribution in [0.15, 0.2) is 12.8 Å². The summed E-state index contributed by atoms with van der Waals surface area (Å²) in [5, 5.41) is 0. The molecule has 0 heterocycles. The lowest BCUT2D eigenvalue weighted by Crippen LogP contribution is -2.42. The van der Waals surface area contributed by atoms with E-state index in [0.29, 0.717) is 9.65 Å². The topological polar surface area (TPSA) is 18.5 Å². The smallest absolute Gasteiger partial charge is 0.188 e. The summed E-state index contributed by atoms with van der Waals surface area (Å²) >= 11 is 7.44. The summed E-state index contributed by atoms with van der Waals surface area (Å²) in [6, 6.07) is 0. The fourth-order valence-electron chi connectivity index (χ4n) is 2.09. The molecule has 1 saturated carbocycles. The molecule has 2 unspecified atom stereocenters. The van der Waals surface area contributed by atoms with Crippen LogP contribution in [-0.4, -0.2) is 22.6 Å². The molecule has 0 radical (unpaired) electrons. The van der Waals surface area contributed by atoms with Gasteiger partial charge >= 0.3 is 0 Å². The second-order valence-electron chi connectivity index (χ2n) is 4.59. The maximum atomic E-state index is 5.69. The third-order valence-corrected chi connectivity index (χ3v) is 4.95. The Morgan fingerprint density at radius 3 is 2.31 bits per heavy atom. The molecule has 16 heavy (non-hydrogen) atoms. The van der Waals surface area contributed by atoms with E-state index in [1.165, 1.54) is 19.1 Å². The minimum atomic E-state index is 0.176. The Balaban J connectivity index is 2.45. The van der Waals surface area contributed by atoms with E-state index in [1.54, 1.807) is 0 Å². The predicted molar refractivity (Wildman–Crippen MR) is 74.0 cm³/mol. The SMILES string of the molecule is C=COCOC1C(Br)CC(C(C)C)CC1Br. The van der Waals surface area contributed by atoms with Crippen molar-refractivity contribution in [1.82, 2.24) is 0 Å². The van der Waals surface area contributed by atoms with Gasteiger partial charge in [-0.25, -0.2) is 0 Å². The minimum Gasteiger partial charge on any atom is -0.476 e. The molecule has 0 amide bonds. The zero-order valence-corrected chi connectivity index (χ0v) is 13.0. The Morgan fingerprint density at radius 1 is 1.31 bits per heavy atom. The highest BCUT2D eigenvalue weighted by Crippen LogP contribution is 2.38. The zero-order chi connectivity index (χ0) is 12.1. The standard InChI is InChI=1S/C12H20Br2O2/c1-4-15-7-16-12-10(13)5-9(8(2)3)6-11(12)14/h4,8-12H,1,5-7H2,2-3H3. The van der Waals surface area contributed by atoms with E-state index < -0.39 is 0 Å². The van der Waals surface area contributed by atoms with E-state index in [4.69, 9.17) is 9.47 Å². The van der Waals surface area contributed by atoms with Crippen molar-refractivity contribution in [3.05, 3.63) is 12.8 Å². The summed E-state index contributed by atoms with van der Waals surface area (Å²) in [5.74, 6) is 1.49. The van der Waals surface area contributed by atoms with Gasteiger partial charge in [-0.05, 0) is 24.7 Å². The van der Waals surface area contributed by atoms with Gasteiger partial charge in [-0.15, -0.1) is 0 Å². The van der Waals surface area contributed by atoms with Crippen LogP contribution in [0.3, 0.4) is 0 Å². The maximum absolute atomic E-state index is 5.69. The summed E-state index contributed by atoms with van der Waals surface area (Å²) in [4.78, 5) is 0.790. The molecule has 0 aliphatic heterocycles. The first-order valence-electron chi connectivity index (χ1n) is 5.68. The Kier molecular flexibility index (Phi) is 6.37. The van der Waals surface area contributed by atoms with Gasteiger partial charge in [0.15, 0.2) is 6.79 Å². The molecule has 0 bridgehead atoms. The largest absolute Gasteiger partial charge is 0.476 e. The molecule has 0 spiro atoms. The lowest BCUT2D eigenvalue weighted by atomic mass is 9.80. The summed E-state index contributed by atoms with van der Waals surface area (Å²) < 4.78 is 10.7. The number of hydrogen-bond donors (Lipinski definition) is 0. The molecule has 2 atom stereocenters. The molecule has 0 aromatic rings. The third kappa shape index (κ3) is 4.04. The number of rotatable bonds is 5. The van der Waals surface area contributed by atoms with Gasteiger partial charge in [-0.3, -0.25) is 0 Å². The lowest BCUT2D eigenvalue weighted by Gasteiger charge is -2.38. The normalized spacial score (nSPS) is 35.1. The van der Waals surface area contributed by atoms with Crippen molar-refractivity contribution in [2.75, 3.05) is 6.79 Å². The highest BCUT2D eigenvalue weighted by Gasteiger charge is 2.37. The van der Waals surface area contributed by atoms with E-state index >= 15 is 0 Å². The van der Waals surface area contributed by atoms with Gasteiger partial charge < -0.3 is 9.47 Å². The molecule has 0 N–H and O–H groups in total. The van der Waals surface area contributed by atoms with E-state index in [0.717, 1.165) is 11.8 Å². The molecule has 0 aromatic carbocycles. The van der Waals surface area contributed by atoms with Crippen LogP contribution in [0.2, 0.25) is 0 Å². The molecule has 94 valence electrons. The molecule has 1 aliphatic rings. The van der Waals surface area contributed by atoms with E-state index in [9.17, 15) is 0 Å². The first-order chi connectivity index (χ1) is 7.56. The van der Waals surface area contributed by atoms with Crippen LogP contribution in [0.5, 0.6) is 0 Å². The van der Waals surface area contributed by atoms with Gasteiger partial charge in [0.05, 0.1) is 12.4 Å². The molecular weight excluding hydrogens is 336 g/mol. The third-order valence-electron chi connectivity index (χ3n) is 3.16. The van der Waals surface area contributed by atoms with Crippen molar-refractivity contribution in [1.29, 1.82) is 0 Å². The summed E-state index contributed by atoms with van der Waals surface area (Å²) in [7, 11) is 0. The van der Waals surface area contributed by atoms with E-state index in [2.05, 4.69) is 52.3 Å². The molecular formula is C12H20Br2O2. The van der Waals surface area contributed by atoms with Crippen LogP contribution in [0, 0.1) is 11.8 Å². The van der Waals surface area contributed by atoms with Gasteiger partial charge in [0.1, 0.15) is 0 Å². The number of ether oxygens (including phenoxy) is 2. The average Bonchev–Trinajstić information content (AvgIpc) is 2.21. The Labute approximate surface area is 115 Å². The zero-order valence-electron chi connectivity index (χ0n) is 9.86. The van der Waals surface area contributed by atoms with Crippen LogP contribution in [-0.2, 0) is 9.47 Å². The second kappa shape index (κ2) is 7.02. The lowest BCUT2D eigenvalue weighted by molar-refractivity contribution is -0.0668. The molecule has 1 aliphatic carbocycles. The highest BCUT2D eigenvalue weighted by atomic mass is 79.9. The number of hydrogen-bond acceptors (Lipinski definition) is 2. The fraction of sp³-hybridized carbons (Fsp3) is 0.833. The van der Waals surface area contributed by atoms with Gasteiger partial charge in [-0.1, -0.05) is 52.3 Å². The molecule has 0 saturated heterocycles. The quantitative estimate of drug-likeness (QED) is 0.320. The van der Waals surface area contributed by atoms with Crippen LogP contribution >= 0.6 is 31.9 Å². The number of halogens is 2. The summed E-state index contributed by atoms with van der Waals surface area (Å²) in [5.41, 5.74) is 0. The molecule has 0 aromatic heterocycles. The van der Waals surface area contributed by atoms with Crippen molar-refractivity contribution >= 4 is 31.9 Å². The van der Waals surface area contributed by atoms with Crippen molar-refractivity contribution in [3.63, 3.8) is 0 Å².